The molecule has 1 aromatic carbocycles. The molecule has 0 spiro atoms. The second-order valence-electron chi connectivity index (χ2n) is 4.65. The van der Waals surface area contributed by atoms with Crippen LogP contribution in [0.5, 0.6) is 0 Å². The minimum Gasteiger partial charge on any atom is -0.351 e. The predicted octanol–water partition coefficient (Wildman–Crippen LogP) is 1.69. The number of nitrogens with one attached hydrogen (secondary N) is 2. The molecular weight excluding hydrogens is 212 g/mol. The summed E-state index contributed by atoms with van der Waals surface area (Å²) in [5.41, 5.74) is 1.14. The van der Waals surface area contributed by atoms with E-state index in [2.05, 4.69) is 17.6 Å². The van der Waals surface area contributed by atoms with E-state index in [1.165, 1.54) is 12.8 Å². The van der Waals surface area contributed by atoms with Crippen LogP contribution in [0.25, 0.3) is 0 Å². The van der Waals surface area contributed by atoms with E-state index in [0.717, 1.165) is 11.5 Å². The van der Waals surface area contributed by atoms with E-state index < -0.39 is 0 Å². The molecule has 1 aliphatic rings. The van der Waals surface area contributed by atoms with Gasteiger partial charge in [0.2, 0.25) is 5.91 Å². The largest absolute Gasteiger partial charge is 0.351 e. The lowest BCUT2D eigenvalue weighted by Crippen LogP contribution is -2.34. The van der Waals surface area contributed by atoms with Crippen LogP contribution >= 0.6 is 0 Å². The van der Waals surface area contributed by atoms with Crippen molar-refractivity contribution in [1.29, 1.82) is 0 Å². The van der Waals surface area contributed by atoms with Crippen LogP contribution in [0.15, 0.2) is 30.3 Å². The molecule has 1 aliphatic carbocycles. The summed E-state index contributed by atoms with van der Waals surface area (Å²) in [6.45, 7) is 3.25. The first-order chi connectivity index (χ1) is 8.29. The maximum Gasteiger partial charge on any atom is 0.234 e. The van der Waals surface area contributed by atoms with E-state index in [-0.39, 0.29) is 5.91 Å². The smallest absolute Gasteiger partial charge is 0.234 e. The highest BCUT2D eigenvalue weighted by atomic mass is 16.1. The van der Waals surface area contributed by atoms with Crippen LogP contribution in [0, 0.1) is 5.92 Å². The van der Waals surface area contributed by atoms with Gasteiger partial charge in [0.15, 0.2) is 0 Å². The summed E-state index contributed by atoms with van der Waals surface area (Å²) in [6.07, 6.45) is 2.44. The van der Waals surface area contributed by atoms with Gasteiger partial charge in [-0.25, -0.2) is 0 Å². The zero-order valence-corrected chi connectivity index (χ0v) is 10.3. The van der Waals surface area contributed by atoms with Gasteiger partial charge in [-0.05, 0) is 17.9 Å². The highest BCUT2D eigenvalue weighted by Gasteiger charge is 2.34. The summed E-state index contributed by atoms with van der Waals surface area (Å²) in [5, 5.41) is 6.20. The number of carbonyl (C=O) groups is 1. The molecule has 0 saturated heterocycles. The van der Waals surface area contributed by atoms with E-state index in [1.54, 1.807) is 0 Å². The van der Waals surface area contributed by atoms with Gasteiger partial charge in [0.05, 0.1) is 6.54 Å². The van der Waals surface area contributed by atoms with Crippen molar-refractivity contribution in [3.8, 4) is 0 Å². The van der Waals surface area contributed by atoms with E-state index in [4.69, 9.17) is 0 Å². The summed E-state index contributed by atoms with van der Waals surface area (Å²) in [4.78, 5) is 11.6. The lowest BCUT2D eigenvalue weighted by atomic mass is 10.2. The minimum atomic E-state index is 0.0793. The second kappa shape index (κ2) is 5.82. The SMILES string of the molecule is CCC1CC1NCC(=O)NCc1ccccc1. The molecule has 0 aliphatic heterocycles. The normalized spacial score (nSPS) is 22.2. The molecule has 92 valence electrons. The van der Waals surface area contributed by atoms with E-state index in [0.29, 0.717) is 19.1 Å². The summed E-state index contributed by atoms with van der Waals surface area (Å²) in [7, 11) is 0. The third kappa shape index (κ3) is 3.86. The minimum absolute atomic E-state index is 0.0793. The molecule has 1 amide bonds. The molecule has 1 saturated carbocycles. The fraction of sp³-hybridized carbons (Fsp3) is 0.500. The number of amides is 1. The third-order valence-electron chi connectivity index (χ3n) is 3.30. The van der Waals surface area contributed by atoms with Crippen LogP contribution in [0.4, 0.5) is 0 Å². The van der Waals surface area contributed by atoms with Crippen LogP contribution in [0.3, 0.4) is 0 Å². The Hall–Kier alpha value is -1.35. The van der Waals surface area contributed by atoms with Crippen molar-refractivity contribution in [3.63, 3.8) is 0 Å². The van der Waals surface area contributed by atoms with Crippen molar-refractivity contribution >= 4 is 5.91 Å². The molecule has 2 rings (SSSR count). The molecule has 3 heteroatoms. The molecule has 17 heavy (non-hydrogen) atoms. The Balaban J connectivity index is 1.61. The quantitative estimate of drug-likeness (QED) is 0.783. The van der Waals surface area contributed by atoms with Crippen molar-refractivity contribution < 1.29 is 4.79 Å². The Morgan fingerprint density at radius 2 is 2.12 bits per heavy atom. The molecule has 0 heterocycles. The first-order valence-corrected chi connectivity index (χ1v) is 6.33. The molecule has 3 nitrogen and oxygen atoms in total. The number of carbonyl (C=O) groups excluding carboxylic acids is 1. The van der Waals surface area contributed by atoms with Gasteiger partial charge < -0.3 is 10.6 Å². The Morgan fingerprint density at radius 1 is 1.35 bits per heavy atom. The summed E-state index contributed by atoms with van der Waals surface area (Å²) >= 11 is 0. The van der Waals surface area contributed by atoms with Gasteiger partial charge >= 0.3 is 0 Å². The maximum atomic E-state index is 11.6. The highest BCUT2D eigenvalue weighted by molar-refractivity contribution is 5.78. The average molecular weight is 232 g/mol. The van der Waals surface area contributed by atoms with Crippen molar-refractivity contribution in [2.75, 3.05) is 6.54 Å². The Bertz CT molecular complexity index is 364. The van der Waals surface area contributed by atoms with Gasteiger partial charge in [0, 0.05) is 12.6 Å². The molecule has 2 unspecified atom stereocenters. The molecule has 0 bridgehead atoms. The molecule has 0 aromatic heterocycles. The van der Waals surface area contributed by atoms with Crippen LogP contribution in [0.2, 0.25) is 0 Å². The first-order valence-electron chi connectivity index (χ1n) is 6.33. The zero-order valence-electron chi connectivity index (χ0n) is 10.3. The average Bonchev–Trinajstić information content (AvgIpc) is 3.14. The number of rotatable bonds is 6. The Kier molecular flexibility index (Phi) is 4.15. The van der Waals surface area contributed by atoms with Crippen molar-refractivity contribution in [3.05, 3.63) is 35.9 Å². The number of hydrogen-bond donors (Lipinski definition) is 2. The third-order valence-corrected chi connectivity index (χ3v) is 3.30. The van der Waals surface area contributed by atoms with E-state index in [1.807, 2.05) is 30.3 Å². The molecule has 2 N–H and O–H groups in total. The first kappa shape index (κ1) is 12.1. The van der Waals surface area contributed by atoms with Crippen molar-refractivity contribution in [2.24, 2.45) is 5.92 Å². The lowest BCUT2D eigenvalue weighted by molar-refractivity contribution is -0.120. The highest BCUT2D eigenvalue weighted by Crippen LogP contribution is 2.32. The summed E-state index contributed by atoms with van der Waals surface area (Å²) < 4.78 is 0. The van der Waals surface area contributed by atoms with Crippen molar-refractivity contribution in [1.82, 2.24) is 10.6 Å². The fourth-order valence-electron chi connectivity index (χ4n) is 2.03. The summed E-state index contributed by atoms with van der Waals surface area (Å²) in [5.74, 6) is 0.868. The number of benzene rings is 1. The molecule has 0 radical (unpaired) electrons. The maximum absolute atomic E-state index is 11.6. The van der Waals surface area contributed by atoms with Crippen molar-refractivity contribution in [2.45, 2.75) is 32.4 Å². The lowest BCUT2D eigenvalue weighted by Gasteiger charge is -2.06. The van der Waals surface area contributed by atoms with E-state index in [9.17, 15) is 4.79 Å². The zero-order chi connectivity index (χ0) is 12.1. The van der Waals surface area contributed by atoms with Gasteiger partial charge in [-0.3, -0.25) is 4.79 Å². The fourth-order valence-corrected chi connectivity index (χ4v) is 2.03. The number of hydrogen-bond acceptors (Lipinski definition) is 2. The van der Waals surface area contributed by atoms with Gasteiger partial charge in [-0.1, -0.05) is 43.7 Å². The van der Waals surface area contributed by atoms with Crippen LogP contribution in [-0.4, -0.2) is 18.5 Å². The van der Waals surface area contributed by atoms with Gasteiger partial charge in [-0.2, -0.15) is 0 Å². The molecule has 2 atom stereocenters. The Morgan fingerprint density at radius 3 is 2.76 bits per heavy atom. The second-order valence-corrected chi connectivity index (χ2v) is 4.65. The van der Waals surface area contributed by atoms with Crippen LogP contribution in [-0.2, 0) is 11.3 Å². The molecule has 1 fully saturated rings. The standard InChI is InChI=1S/C14H20N2O/c1-2-12-8-13(12)15-10-14(17)16-9-11-6-4-3-5-7-11/h3-7,12-13,15H,2,8-10H2,1H3,(H,16,17). The van der Waals surface area contributed by atoms with Gasteiger partial charge in [0.25, 0.3) is 0 Å². The van der Waals surface area contributed by atoms with Crippen LogP contribution in [0.1, 0.15) is 25.3 Å². The molecular formula is C14H20N2O. The summed E-state index contributed by atoms with van der Waals surface area (Å²) in [6, 6.07) is 10.5. The van der Waals surface area contributed by atoms with Crippen LogP contribution < -0.4 is 10.6 Å². The predicted molar refractivity (Wildman–Crippen MR) is 68.5 cm³/mol. The monoisotopic (exact) mass is 232 g/mol. The topological polar surface area (TPSA) is 41.1 Å². The van der Waals surface area contributed by atoms with Gasteiger partial charge in [-0.15, -0.1) is 0 Å². The van der Waals surface area contributed by atoms with E-state index >= 15 is 0 Å². The Labute approximate surface area is 103 Å². The van der Waals surface area contributed by atoms with Gasteiger partial charge in [0.1, 0.15) is 0 Å². The molecule has 1 aromatic rings.